The predicted molar refractivity (Wildman–Crippen MR) is 78.1 cm³/mol. The molecule has 1 amide bonds. The number of nitriles is 1. The standard InChI is InChI=1S/C15H26N4O/c1-14(15(20)19-7-4-2-3-5-8-19)18-12-10-17(9-6-16)11-13-18/h14H,2-5,7-13H2,1H3. The van der Waals surface area contributed by atoms with E-state index in [4.69, 9.17) is 5.26 Å². The van der Waals surface area contributed by atoms with Crippen molar-refractivity contribution in [3.63, 3.8) is 0 Å². The smallest absolute Gasteiger partial charge is 0.239 e. The average molecular weight is 278 g/mol. The molecule has 0 bridgehead atoms. The number of carbonyl (C=O) groups excluding carboxylic acids is 1. The first-order valence-electron chi connectivity index (χ1n) is 7.84. The summed E-state index contributed by atoms with van der Waals surface area (Å²) in [5.74, 6) is 0.292. The van der Waals surface area contributed by atoms with Crippen molar-refractivity contribution < 1.29 is 4.79 Å². The van der Waals surface area contributed by atoms with Crippen molar-refractivity contribution in [1.82, 2.24) is 14.7 Å². The predicted octanol–water partition coefficient (Wildman–Crippen LogP) is 0.919. The van der Waals surface area contributed by atoms with Crippen molar-refractivity contribution in [2.75, 3.05) is 45.8 Å². The van der Waals surface area contributed by atoms with Crippen LogP contribution in [0.4, 0.5) is 0 Å². The minimum Gasteiger partial charge on any atom is -0.341 e. The zero-order valence-electron chi connectivity index (χ0n) is 12.6. The summed E-state index contributed by atoms with van der Waals surface area (Å²) in [5, 5.41) is 8.71. The number of rotatable bonds is 3. The second-order valence-corrected chi connectivity index (χ2v) is 5.89. The molecule has 1 unspecified atom stereocenters. The van der Waals surface area contributed by atoms with E-state index in [0.29, 0.717) is 12.5 Å². The molecule has 0 spiro atoms. The van der Waals surface area contributed by atoms with Gasteiger partial charge in [0.05, 0.1) is 18.7 Å². The van der Waals surface area contributed by atoms with Crippen LogP contribution in [-0.2, 0) is 4.79 Å². The molecule has 0 saturated carbocycles. The monoisotopic (exact) mass is 278 g/mol. The molecule has 0 aromatic rings. The van der Waals surface area contributed by atoms with E-state index in [0.717, 1.165) is 52.1 Å². The first-order chi connectivity index (χ1) is 9.72. The molecule has 1 atom stereocenters. The summed E-state index contributed by atoms with van der Waals surface area (Å²) in [4.78, 5) is 19.0. The fraction of sp³-hybridized carbons (Fsp3) is 0.867. The van der Waals surface area contributed by atoms with Crippen LogP contribution in [0.1, 0.15) is 32.6 Å². The quantitative estimate of drug-likeness (QED) is 0.720. The van der Waals surface area contributed by atoms with Gasteiger partial charge in [-0.05, 0) is 19.8 Å². The third kappa shape index (κ3) is 3.94. The fourth-order valence-corrected chi connectivity index (χ4v) is 3.12. The molecule has 2 aliphatic heterocycles. The summed E-state index contributed by atoms with van der Waals surface area (Å²) in [6.45, 7) is 7.96. The van der Waals surface area contributed by atoms with Gasteiger partial charge in [-0.3, -0.25) is 14.6 Å². The molecule has 0 aliphatic carbocycles. The van der Waals surface area contributed by atoms with Crippen molar-refractivity contribution in [2.24, 2.45) is 0 Å². The normalized spacial score (nSPS) is 23.9. The molecule has 0 aromatic carbocycles. The summed E-state index contributed by atoms with van der Waals surface area (Å²) >= 11 is 0. The van der Waals surface area contributed by atoms with Gasteiger partial charge in [0, 0.05) is 39.3 Å². The lowest BCUT2D eigenvalue weighted by molar-refractivity contribution is -0.137. The highest BCUT2D eigenvalue weighted by Crippen LogP contribution is 2.14. The van der Waals surface area contributed by atoms with E-state index in [1.165, 1.54) is 12.8 Å². The summed E-state index contributed by atoms with van der Waals surface area (Å²) in [7, 11) is 0. The van der Waals surface area contributed by atoms with Crippen molar-refractivity contribution in [3.8, 4) is 6.07 Å². The SMILES string of the molecule is CC(C(=O)N1CCCCCC1)N1CCN(CC#N)CC1. The number of carbonyl (C=O) groups is 1. The van der Waals surface area contributed by atoms with Crippen LogP contribution >= 0.6 is 0 Å². The Labute approximate surface area is 122 Å². The van der Waals surface area contributed by atoms with E-state index in [-0.39, 0.29) is 6.04 Å². The maximum absolute atomic E-state index is 12.6. The lowest BCUT2D eigenvalue weighted by Gasteiger charge is -2.38. The Kier molecular flexibility index (Phi) is 5.81. The summed E-state index contributed by atoms with van der Waals surface area (Å²) in [6.07, 6.45) is 4.80. The van der Waals surface area contributed by atoms with E-state index in [1.807, 2.05) is 6.92 Å². The zero-order chi connectivity index (χ0) is 14.4. The van der Waals surface area contributed by atoms with Gasteiger partial charge >= 0.3 is 0 Å². The molecule has 2 fully saturated rings. The Bertz CT molecular complexity index is 349. The van der Waals surface area contributed by atoms with Gasteiger partial charge in [0.15, 0.2) is 0 Å². The molecule has 20 heavy (non-hydrogen) atoms. The Balaban J connectivity index is 1.83. The summed E-state index contributed by atoms with van der Waals surface area (Å²) in [6, 6.07) is 2.18. The van der Waals surface area contributed by atoms with Gasteiger partial charge in [-0.2, -0.15) is 5.26 Å². The van der Waals surface area contributed by atoms with Crippen molar-refractivity contribution in [3.05, 3.63) is 0 Å². The van der Waals surface area contributed by atoms with Crippen LogP contribution < -0.4 is 0 Å². The zero-order valence-corrected chi connectivity index (χ0v) is 12.6. The Hall–Kier alpha value is -1.12. The first-order valence-corrected chi connectivity index (χ1v) is 7.84. The van der Waals surface area contributed by atoms with Crippen LogP contribution in [0.25, 0.3) is 0 Å². The Morgan fingerprint density at radius 3 is 2.20 bits per heavy atom. The first kappa shape index (κ1) is 15.3. The molecule has 0 aromatic heterocycles. The molecule has 5 nitrogen and oxygen atoms in total. The van der Waals surface area contributed by atoms with Crippen molar-refractivity contribution in [2.45, 2.75) is 38.6 Å². The third-order valence-electron chi connectivity index (χ3n) is 4.52. The van der Waals surface area contributed by atoms with Gasteiger partial charge in [-0.1, -0.05) is 12.8 Å². The van der Waals surface area contributed by atoms with Crippen molar-refractivity contribution in [1.29, 1.82) is 5.26 Å². The van der Waals surface area contributed by atoms with Crippen LogP contribution in [0.15, 0.2) is 0 Å². The lowest BCUT2D eigenvalue weighted by atomic mass is 10.2. The molecule has 112 valence electrons. The number of piperazine rings is 1. The number of hydrogen-bond acceptors (Lipinski definition) is 4. The van der Waals surface area contributed by atoms with Crippen LogP contribution in [0, 0.1) is 11.3 Å². The van der Waals surface area contributed by atoms with Gasteiger partial charge in [0.1, 0.15) is 0 Å². The average Bonchev–Trinajstić information content (AvgIpc) is 2.76. The van der Waals surface area contributed by atoms with Crippen LogP contribution in [0.2, 0.25) is 0 Å². The second kappa shape index (κ2) is 7.61. The highest BCUT2D eigenvalue weighted by atomic mass is 16.2. The summed E-state index contributed by atoms with van der Waals surface area (Å²) in [5.41, 5.74) is 0. The Morgan fingerprint density at radius 1 is 1.05 bits per heavy atom. The minimum absolute atomic E-state index is 0.0164. The lowest BCUT2D eigenvalue weighted by Crippen LogP contribution is -2.54. The molecule has 2 aliphatic rings. The molecule has 0 radical (unpaired) electrons. The van der Waals surface area contributed by atoms with Gasteiger partial charge in [0.25, 0.3) is 0 Å². The molecular formula is C15H26N4O. The molecular weight excluding hydrogens is 252 g/mol. The highest BCUT2D eigenvalue weighted by molar-refractivity contribution is 5.81. The van der Waals surface area contributed by atoms with Gasteiger partial charge in [-0.25, -0.2) is 0 Å². The summed E-state index contributed by atoms with van der Waals surface area (Å²) < 4.78 is 0. The van der Waals surface area contributed by atoms with Gasteiger partial charge < -0.3 is 4.90 Å². The third-order valence-corrected chi connectivity index (χ3v) is 4.52. The van der Waals surface area contributed by atoms with Gasteiger partial charge in [-0.15, -0.1) is 0 Å². The Morgan fingerprint density at radius 2 is 1.65 bits per heavy atom. The minimum atomic E-state index is -0.0164. The second-order valence-electron chi connectivity index (χ2n) is 5.89. The number of hydrogen-bond donors (Lipinski definition) is 0. The number of likely N-dealkylation sites (tertiary alicyclic amines) is 1. The van der Waals surface area contributed by atoms with Crippen molar-refractivity contribution >= 4 is 5.91 Å². The van der Waals surface area contributed by atoms with E-state index >= 15 is 0 Å². The van der Waals surface area contributed by atoms with E-state index in [2.05, 4.69) is 20.8 Å². The van der Waals surface area contributed by atoms with Crippen LogP contribution in [0.3, 0.4) is 0 Å². The fourth-order valence-electron chi connectivity index (χ4n) is 3.12. The molecule has 2 saturated heterocycles. The van der Waals surface area contributed by atoms with E-state index < -0.39 is 0 Å². The highest BCUT2D eigenvalue weighted by Gasteiger charge is 2.28. The maximum atomic E-state index is 12.6. The topological polar surface area (TPSA) is 50.6 Å². The largest absolute Gasteiger partial charge is 0.341 e. The maximum Gasteiger partial charge on any atom is 0.239 e. The van der Waals surface area contributed by atoms with Crippen LogP contribution in [0.5, 0.6) is 0 Å². The van der Waals surface area contributed by atoms with Gasteiger partial charge in [0.2, 0.25) is 5.91 Å². The number of amides is 1. The van der Waals surface area contributed by atoms with E-state index in [9.17, 15) is 4.79 Å². The number of nitrogens with zero attached hydrogens (tertiary/aromatic N) is 4. The molecule has 5 heteroatoms. The molecule has 0 N–H and O–H groups in total. The molecule has 2 heterocycles. The van der Waals surface area contributed by atoms with E-state index in [1.54, 1.807) is 0 Å². The van der Waals surface area contributed by atoms with Crippen LogP contribution in [-0.4, -0.2) is 72.5 Å². The molecule has 2 rings (SSSR count).